The smallest absolute Gasteiger partial charge is 0.209 e. The molecule has 2 unspecified atom stereocenters. The van der Waals surface area contributed by atoms with Crippen molar-refractivity contribution in [2.24, 2.45) is 11.3 Å². The van der Waals surface area contributed by atoms with Crippen LogP contribution in [0.2, 0.25) is 0 Å². The maximum Gasteiger partial charge on any atom is 0.209 e. The highest BCUT2D eigenvalue weighted by Gasteiger charge is 2.35. The maximum absolute atomic E-state index is 11.2. The Labute approximate surface area is 135 Å². The number of likely N-dealkylation sites (tertiary alicyclic amines) is 1. The lowest BCUT2D eigenvalue weighted by Crippen LogP contribution is -2.49. The zero-order chi connectivity index (χ0) is 15.5. The van der Waals surface area contributed by atoms with Gasteiger partial charge in [0.15, 0.2) is 0 Å². The van der Waals surface area contributed by atoms with E-state index < -0.39 is 0 Å². The summed E-state index contributed by atoms with van der Waals surface area (Å²) in [6, 6.07) is 8.23. The van der Waals surface area contributed by atoms with E-state index >= 15 is 0 Å². The largest absolute Gasteiger partial charge is 0.493 e. The molecule has 4 heteroatoms. The number of amides is 1. The number of rotatable bonds is 4. The number of ether oxygens (including phenoxy) is 1. The topological polar surface area (TPSA) is 29.5 Å². The second kappa shape index (κ2) is 6.82. The average Bonchev–Trinajstić information content (AvgIpc) is 2.44. The van der Waals surface area contributed by atoms with Crippen LogP contribution < -0.4 is 4.74 Å². The predicted molar refractivity (Wildman–Crippen MR) is 88.4 cm³/mol. The van der Waals surface area contributed by atoms with Crippen molar-refractivity contribution in [3.63, 3.8) is 0 Å². The Morgan fingerprint density at radius 3 is 2.81 bits per heavy atom. The highest BCUT2D eigenvalue weighted by atomic mass is 79.9. The zero-order valence-electron chi connectivity index (χ0n) is 13.0. The van der Waals surface area contributed by atoms with Gasteiger partial charge in [0.25, 0.3) is 0 Å². The van der Waals surface area contributed by atoms with Gasteiger partial charge in [0.05, 0.1) is 6.61 Å². The Balaban J connectivity index is 1.94. The lowest BCUT2D eigenvalue weighted by Gasteiger charge is -2.44. The van der Waals surface area contributed by atoms with Crippen molar-refractivity contribution in [1.82, 2.24) is 4.90 Å². The fourth-order valence-corrected chi connectivity index (χ4v) is 3.33. The highest BCUT2D eigenvalue weighted by Crippen LogP contribution is 2.34. The third-order valence-corrected chi connectivity index (χ3v) is 4.66. The van der Waals surface area contributed by atoms with Gasteiger partial charge in [0.2, 0.25) is 6.41 Å². The minimum absolute atomic E-state index is 0.107. The molecule has 0 aliphatic carbocycles. The summed E-state index contributed by atoms with van der Waals surface area (Å²) < 4.78 is 6.95. The molecule has 1 aliphatic rings. The molecule has 1 heterocycles. The van der Waals surface area contributed by atoms with Crippen molar-refractivity contribution < 1.29 is 9.53 Å². The van der Waals surface area contributed by atoms with Crippen LogP contribution in [0.3, 0.4) is 0 Å². The van der Waals surface area contributed by atoms with E-state index in [1.807, 2.05) is 29.2 Å². The molecular formula is C17H24BrNO2. The first kappa shape index (κ1) is 16.3. The first-order valence-corrected chi connectivity index (χ1v) is 8.29. The molecule has 0 bridgehead atoms. The Kier molecular flexibility index (Phi) is 5.31. The summed E-state index contributed by atoms with van der Waals surface area (Å²) in [5.41, 5.74) is 0.107. The predicted octanol–water partition coefficient (Wildman–Crippen LogP) is 4.11. The van der Waals surface area contributed by atoms with Crippen molar-refractivity contribution in [2.45, 2.75) is 39.7 Å². The molecular weight excluding hydrogens is 330 g/mol. The monoisotopic (exact) mass is 353 g/mol. The van der Waals surface area contributed by atoms with Gasteiger partial charge in [-0.2, -0.15) is 0 Å². The van der Waals surface area contributed by atoms with Gasteiger partial charge in [-0.1, -0.05) is 42.8 Å². The van der Waals surface area contributed by atoms with E-state index in [1.54, 1.807) is 0 Å². The molecule has 1 amide bonds. The number of hydrogen-bond acceptors (Lipinski definition) is 2. The summed E-state index contributed by atoms with van der Waals surface area (Å²) in [6.07, 6.45) is 3.02. The van der Waals surface area contributed by atoms with E-state index in [0.717, 1.165) is 42.6 Å². The van der Waals surface area contributed by atoms with Gasteiger partial charge in [0.1, 0.15) is 5.75 Å². The van der Waals surface area contributed by atoms with E-state index in [-0.39, 0.29) is 5.41 Å². The first-order valence-electron chi connectivity index (χ1n) is 7.49. The summed E-state index contributed by atoms with van der Waals surface area (Å²) in [5, 5.41) is 0. The highest BCUT2D eigenvalue weighted by molar-refractivity contribution is 9.10. The Morgan fingerprint density at radius 2 is 2.19 bits per heavy atom. The van der Waals surface area contributed by atoms with Gasteiger partial charge in [0, 0.05) is 17.1 Å². The van der Waals surface area contributed by atoms with Gasteiger partial charge in [-0.15, -0.1) is 0 Å². The molecule has 2 atom stereocenters. The lowest BCUT2D eigenvalue weighted by atomic mass is 9.77. The van der Waals surface area contributed by atoms with Crippen LogP contribution in [0, 0.1) is 11.3 Å². The molecule has 1 saturated heterocycles. The van der Waals surface area contributed by atoms with Gasteiger partial charge in [-0.25, -0.2) is 0 Å². The van der Waals surface area contributed by atoms with Gasteiger partial charge in [-0.05, 0) is 42.4 Å². The van der Waals surface area contributed by atoms with Crippen LogP contribution in [-0.2, 0) is 4.79 Å². The molecule has 0 saturated carbocycles. The Hall–Kier alpha value is -1.03. The summed E-state index contributed by atoms with van der Waals surface area (Å²) in [4.78, 5) is 13.2. The van der Waals surface area contributed by atoms with Crippen LogP contribution in [0.4, 0.5) is 0 Å². The van der Waals surface area contributed by atoms with E-state index in [9.17, 15) is 4.79 Å². The van der Waals surface area contributed by atoms with Gasteiger partial charge in [-0.3, -0.25) is 4.79 Å². The molecule has 0 radical (unpaired) electrons. The first-order chi connectivity index (χ1) is 9.90. The molecule has 1 aliphatic heterocycles. The lowest BCUT2D eigenvalue weighted by molar-refractivity contribution is -0.125. The fraction of sp³-hybridized carbons (Fsp3) is 0.588. The van der Waals surface area contributed by atoms with Crippen molar-refractivity contribution in [1.29, 1.82) is 0 Å². The van der Waals surface area contributed by atoms with Crippen molar-refractivity contribution >= 4 is 22.3 Å². The van der Waals surface area contributed by atoms with Crippen LogP contribution in [0.15, 0.2) is 28.7 Å². The second-order valence-corrected chi connectivity index (χ2v) is 7.80. The SMILES string of the molecule is CC(C)(C)C1CC(COc2cccc(Br)c2)CCN1C=O. The van der Waals surface area contributed by atoms with Gasteiger partial charge >= 0.3 is 0 Å². The molecule has 3 nitrogen and oxygen atoms in total. The fourth-order valence-electron chi connectivity index (χ4n) is 2.96. The Bertz CT molecular complexity index is 484. The third kappa shape index (κ3) is 4.47. The molecule has 116 valence electrons. The zero-order valence-corrected chi connectivity index (χ0v) is 14.6. The number of carbonyl (C=O) groups excluding carboxylic acids is 1. The normalized spacial score (nSPS) is 23.0. The summed E-state index contributed by atoms with van der Waals surface area (Å²) in [7, 11) is 0. The molecule has 0 aromatic heterocycles. The number of piperidine rings is 1. The number of benzene rings is 1. The van der Waals surface area contributed by atoms with Crippen LogP contribution >= 0.6 is 15.9 Å². The third-order valence-electron chi connectivity index (χ3n) is 4.17. The standard InChI is InChI=1S/C17H24BrNO2/c1-17(2,3)16-9-13(7-8-19(16)12-20)11-21-15-6-4-5-14(18)10-15/h4-6,10,12-13,16H,7-9,11H2,1-3H3. The average molecular weight is 354 g/mol. The molecule has 21 heavy (non-hydrogen) atoms. The molecule has 0 N–H and O–H groups in total. The second-order valence-electron chi connectivity index (χ2n) is 6.88. The van der Waals surface area contributed by atoms with E-state index in [2.05, 4.69) is 36.7 Å². The Morgan fingerprint density at radius 1 is 1.43 bits per heavy atom. The van der Waals surface area contributed by atoms with Crippen LogP contribution in [0.25, 0.3) is 0 Å². The van der Waals surface area contributed by atoms with Crippen LogP contribution in [0.1, 0.15) is 33.6 Å². The molecule has 1 aromatic carbocycles. The minimum atomic E-state index is 0.107. The number of hydrogen-bond donors (Lipinski definition) is 0. The number of nitrogens with zero attached hydrogens (tertiary/aromatic N) is 1. The van der Waals surface area contributed by atoms with E-state index in [4.69, 9.17) is 4.74 Å². The maximum atomic E-state index is 11.2. The number of carbonyl (C=O) groups is 1. The minimum Gasteiger partial charge on any atom is -0.493 e. The molecule has 1 fully saturated rings. The van der Waals surface area contributed by atoms with Crippen molar-refractivity contribution in [3.8, 4) is 5.75 Å². The molecule has 0 spiro atoms. The summed E-state index contributed by atoms with van der Waals surface area (Å²) in [6.45, 7) is 8.15. The van der Waals surface area contributed by atoms with E-state index in [0.29, 0.717) is 12.0 Å². The van der Waals surface area contributed by atoms with Crippen molar-refractivity contribution in [2.75, 3.05) is 13.2 Å². The summed E-state index contributed by atoms with van der Waals surface area (Å²) in [5.74, 6) is 1.40. The summed E-state index contributed by atoms with van der Waals surface area (Å²) >= 11 is 3.46. The van der Waals surface area contributed by atoms with Gasteiger partial charge < -0.3 is 9.64 Å². The van der Waals surface area contributed by atoms with Crippen molar-refractivity contribution in [3.05, 3.63) is 28.7 Å². The van der Waals surface area contributed by atoms with Crippen LogP contribution in [-0.4, -0.2) is 30.5 Å². The molecule has 2 rings (SSSR count). The van der Waals surface area contributed by atoms with Crippen LogP contribution in [0.5, 0.6) is 5.75 Å². The number of halogens is 1. The van der Waals surface area contributed by atoms with E-state index in [1.165, 1.54) is 0 Å². The quantitative estimate of drug-likeness (QED) is 0.762. The molecule has 1 aromatic rings.